The predicted molar refractivity (Wildman–Crippen MR) is 132 cm³/mol. The number of urea groups is 1. The number of benzene rings is 3. The Balaban J connectivity index is 1.57. The largest absolute Gasteiger partial charge is 0.483 e. The van der Waals surface area contributed by atoms with Crippen LogP contribution in [0, 0.1) is 5.82 Å². The number of barbiturate groups is 1. The summed E-state index contributed by atoms with van der Waals surface area (Å²) in [5.41, 5.74) is 0.408. The summed E-state index contributed by atoms with van der Waals surface area (Å²) in [6, 6.07) is 14.5. The van der Waals surface area contributed by atoms with Gasteiger partial charge in [-0.1, -0.05) is 23.2 Å². The normalized spacial score (nSPS) is 14.6. The Kier molecular flexibility index (Phi) is 7.33. The lowest BCUT2D eigenvalue weighted by Crippen LogP contribution is -2.54. The molecular weight excluding hydrogens is 512 g/mol. The Hall–Kier alpha value is -4.21. The number of imide groups is 2. The van der Waals surface area contributed by atoms with Crippen LogP contribution in [0.3, 0.4) is 0 Å². The van der Waals surface area contributed by atoms with Gasteiger partial charge in [-0.2, -0.15) is 0 Å². The van der Waals surface area contributed by atoms with Crippen LogP contribution in [-0.2, 0) is 14.4 Å². The number of amides is 5. The summed E-state index contributed by atoms with van der Waals surface area (Å²) in [7, 11) is 0. The fourth-order valence-corrected chi connectivity index (χ4v) is 3.58. The summed E-state index contributed by atoms with van der Waals surface area (Å²) < 4.78 is 18.9. The van der Waals surface area contributed by atoms with E-state index in [1.54, 1.807) is 24.3 Å². The Morgan fingerprint density at radius 1 is 0.972 bits per heavy atom. The highest BCUT2D eigenvalue weighted by Crippen LogP contribution is 2.28. The van der Waals surface area contributed by atoms with E-state index in [4.69, 9.17) is 27.9 Å². The molecule has 5 amide bonds. The highest BCUT2D eigenvalue weighted by atomic mass is 35.5. The summed E-state index contributed by atoms with van der Waals surface area (Å²) in [4.78, 5) is 50.9. The second-order valence-corrected chi connectivity index (χ2v) is 8.33. The summed E-state index contributed by atoms with van der Waals surface area (Å²) in [6.07, 6.45) is 1.19. The van der Waals surface area contributed by atoms with Crippen LogP contribution < -0.4 is 20.3 Å². The first-order valence-electron chi connectivity index (χ1n) is 10.4. The molecule has 36 heavy (non-hydrogen) atoms. The van der Waals surface area contributed by atoms with Crippen molar-refractivity contribution >= 4 is 64.4 Å². The van der Waals surface area contributed by atoms with Crippen LogP contribution in [0.15, 0.2) is 72.3 Å². The smallest absolute Gasteiger partial charge is 0.335 e. The van der Waals surface area contributed by atoms with Gasteiger partial charge in [-0.25, -0.2) is 14.1 Å². The third kappa shape index (κ3) is 5.70. The minimum Gasteiger partial charge on any atom is -0.483 e. The Bertz CT molecular complexity index is 1390. The molecule has 0 radical (unpaired) electrons. The number of carbonyl (C=O) groups is 4. The zero-order valence-corrected chi connectivity index (χ0v) is 19.8. The van der Waals surface area contributed by atoms with Crippen LogP contribution in [0.5, 0.6) is 5.75 Å². The molecular formula is C25H16Cl2FN3O5. The monoisotopic (exact) mass is 527 g/mol. The molecule has 3 aromatic carbocycles. The van der Waals surface area contributed by atoms with Crippen molar-refractivity contribution in [2.75, 3.05) is 16.8 Å². The summed E-state index contributed by atoms with van der Waals surface area (Å²) in [5, 5.41) is 5.51. The van der Waals surface area contributed by atoms with Gasteiger partial charge in [-0.3, -0.25) is 19.7 Å². The maximum Gasteiger partial charge on any atom is 0.335 e. The van der Waals surface area contributed by atoms with Crippen molar-refractivity contribution in [3.05, 3.63) is 93.7 Å². The molecule has 0 bridgehead atoms. The maximum atomic E-state index is 13.3. The van der Waals surface area contributed by atoms with E-state index in [0.717, 1.165) is 12.1 Å². The molecule has 0 saturated carbocycles. The molecule has 3 aromatic rings. The molecule has 11 heteroatoms. The van der Waals surface area contributed by atoms with Crippen molar-refractivity contribution < 1.29 is 28.3 Å². The van der Waals surface area contributed by atoms with E-state index in [2.05, 4.69) is 10.6 Å². The van der Waals surface area contributed by atoms with Crippen molar-refractivity contribution in [2.24, 2.45) is 0 Å². The topological polar surface area (TPSA) is 105 Å². The lowest BCUT2D eigenvalue weighted by atomic mass is 10.1. The van der Waals surface area contributed by atoms with Gasteiger partial charge in [0, 0.05) is 21.3 Å². The van der Waals surface area contributed by atoms with Gasteiger partial charge in [0.2, 0.25) is 0 Å². The van der Waals surface area contributed by atoms with E-state index in [0.29, 0.717) is 15.6 Å². The number of halogens is 3. The van der Waals surface area contributed by atoms with Crippen LogP contribution in [0.2, 0.25) is 10.0 Å². The third-order valence-corrected chi connectivity index (χ3v) is 5.43. The van der Waals surface area contributed by atoms with Crippen molar-refractivity contribution in [1.82, 2.24) is 5.32 Å². The number of rotatable bonds is 6. The fraction of sp³-hybridized carbons (Fsp3) is 0.0400. The second-order valence-electron chi connectivity index (χ2n) is 7.46. The zero-order valence-electron chi connectivity index (χ0n) is 18.3. The number of nitrogens with zero attached hydrogens (tertiary/aromatic N) is 1. The maximum absolute atomic E-state index is 13.3. The Morgan fingerprint density at radius 2 is 1.64 bits per heavy atom. The van der Waals surface area contributed by atoms with Crippen molar-refractivity contribution in [2.45, 2.75) is 0 Å². The molecule has 4 rings (SSSR count). The van der Waals surface area contributed by atoms with Crippen LogP contribution in [0.4, 0.5) is 20.6 Å². The van der Waals surface area contributed by atoms with Gasteiger partial charge in [-0.15, -0.1) is 0 Å². The molecule has 0 aliphatic carbocycles. The second kappa shape index (κ2) is 10.6. The van der Waals surface area contributed by atoms with Crippen LogP contribution in [0.1, 0.15) is 5.56 Å². The van der Waals surface area contributed by atoms with E-state index < -0.39 is 35.1 Å². The average Bonchev–Trinajstić information content (AvgIpc) is 2.84. The molecule has 0 unspecified atom stereocenters. The highest BCUT2D eigenvalue weighted by Gasteiger charge is 2.37. The first-order chi connectivity index (χ1) is 17.2. The summed E-state index contributed by atoms with van der Waals surface area (Å²) >= 11 is 11.9. The first-order valence-corrected chi connectivity index (χ1v) is 11.1. The van der Waals surface area contributed by atoms with E-state index in [1.807, 2.05) is 0 Å². The van der Waals surface area contributed by atoms with Gasteiger partial charge in [0.15, 0.2) is 6.61 Å². The van der Waals surface area contributed by atoms with Gasteiger partial charge in [0.25, 0.3) is 17.7 Å². The molecule has 182 valence electrons. The van der Waals surface area contributed by atoms with Gasteiger partial charge in [-0.05, 0) is 72.8 Å². The fourth-order valence-electron chi connectivity index (χ4n) is 3.27. The van der Waals surface area contributed by atoms with Gasteiger partial charge < -0.3 is 10.1 Å². The van der Waals surface area contributed by atoms with E-state index in [-0.39, 0.29) is 28.6 Å². The number of carbonyl (C=O) groups excluding carboxylic acids is 4. The Labute approximate surface area is 214 Å². The first kappa shape index (κ1) is 24.9. The molecule has 8 nitrogen and oxygen atoms in total. The SMILES string of the molecule is O=C(COc1ccc(Cl)cc1/C=C1\C(=O)NC(=O)N(c2ccc(F)cc2)C1=O)Nc1ccc(Cl)cc1. The molecule has 1 fully saturated rings. The number of anilines is 2. The number of ether oxygens (including phenoxy) is 1. The number of nitrogens with one attached hydrogen (secondary N) is 2. The third-order valence-electron chi connectivity index (χ3n) is 4.94. The molecule has 0 spiro atoms. The molecule has 1 saturated heterocycles. The van der Waals surface area contributed by atoms with Crippen molar-refractivity contribution in [1.29, 1.82) is 0 Å². The van der Waals surface area contributed by atoms with Crippen LogP contribution in [0.25, 0.3) is 6.08 Å². The van der Waals surface area contributed by atoms with Crippen LogP contribution >= 0.6 is 23.2 Å². The molecule has 0 aromatic heterocycles. The zero-order chi connectivity index (χ0) is 25.8. The quantitative estimate of drug-likeness (QED) is 0.353. The van der Waals surface area contributed by atoms with Gasteiger partial charge >= 0.3 is 6.03 Å². The minimum atomic E-state index is -0.977. The lowest BCUT2D eigenvalue weighted by molar-refractivity contribution is -0.122. The van der Waals surface area contributed by atoms with Crippen molar-refractivity contribution in [3.63, 3.8) is 0 Å². The molecule has 2 N–H and O–H groups in total. The summed E-state index contributed by atoms with van der Waals surface area (Å²) in [5.74, 6) is -2.73. The lowest BCUT2D eigenvalue weighted by Gasteiger charge is -2.26. The van der Waals surface area contributed by atoms with E-state index in [1.165, 1.54) is 36.4 Å². The standard InChI is InChI=1S/C25H16Cl2FN3O5/c26-15-1-6-18(7-2-15)29-22(32)13-36-21-10-3-16(27)11-14(21)12-20-23(33)30-25(35)31(24(20)34)19-8-4-17(28)5-9-19/h1-12H,13H2,(H,29,32)(H,30,33,35)/b20-12+. The van der Waals surface area contributed by atoms with Crippen molar-refractivity contribution in [3.8, 4) is 5.75 Å². The molecule has 1 aliphatic heterocycles. The molecule has 1 heterocycles. The number of hydrogen-bond acceptors (Lipinski definition) is 5. The minimum absolute atomic E-state index is 0.0683. The molecule has 1 aliphatic rings. The van der Waals surface area contributed by atoms with E-state index >= 15 is 0 Å². The summed E-state index contributed by atoms with van der Waals surface area (Å²) in [6.45, 7) is -0.388. The predicted octanol–water partition coefficient (Wildman–Crippen LogP) is 4.82. The molecule has 0 atom stereocenters. The van der Waals surface area contributed by atoms with Gasteiger partial charge in [0.05, 0.1) is 5.69 Å². The van der Waals surface area contributed by atoms with Gasteiger partial charge in [0.1, 0.15) is 17.1 Å². The van der Waals surface area contributed by atoms with Crippen LogP contribution in [-0.4, -0.2) is 30.4 Å². The average molecular weight is 528 g/mol. The Morgan fingerprint density at radius 3 is 2.33 bits per heavy atom. The number of hydrogen-bond donors (Lipinski definition) is 2. The highest BCUT2D eigenvalue weighted by molar-refractivity contribution is 6.39. The van der Waals surface area contributed by atoms with E-state index in [9.17, 15) is 23.6 Å².